The first-order chi connectivity index (χ1) is 11.7. The highest BCUT2D eigenvalue weighted by Gasteiger charge is 2.44. The lowest BCUT2D eigenvalue weighted by Crippen LogP contribution is -2.52. The highest BCUT2D eigenvalue weighted by Crippen LogP contribution is 2.36. The minimum Gasteiger partial charge on any atom is -0.480 e. The van der Waals surface area contributed by atoms with E-state index in [1.54, 1.807) is 5.32 Å². The van der Waals surface area contributed by atoms with E-state index in [1.165, 1.54) is 0 Å². The summed E-state index contributed by atoms with van der Waals surface area (Å²) >= 11 is 0. The number of rotatable bonds is 7. The first-order valence-corrected chi connectivity index (χ1v) is 10.9. The fourth-order valence-corrected chi connectivity index (χ4v) is 2.76. The van der Waals surface area contributed by atoms with E-state index in [0.717, 1.165) is 18.2 Å². The number of halogens is 3. The van der Waals surface area contributed by atoms with Gasteiger partial charge in [-0.3, -0.25) is 4.79 Å². The Labute approximate surface area is 151 Å². The molecule has 1 aromatic carbocycles. The van der Waals surface area contributed by atoms with Crippen molar-refractivity contribution in [2.45, 2.75) is 50.9 Å². The molecule has 0 spiro atoms. The van der Waals surface area contributed by atoms with E-state index in [9.17, 15) is 27.9 Å². The SMILES string of the molecule is CC(C)(C)[Si](C)(C)OC[C@H](NC(=O)C(F)(F)c1cccc(F)c1)C(=O)O. The standard InChI is InChI=1S/C17H24F3NO4Si/c1-16(2,3)26(4,5)25-10-13(14(22)23)21-15(24)17(19,20)11-7-6-8-12(18)9-11/h6-9,13H,10H2,1-5H3,(H,21,24)(H,22,23)/t13-/m0/s1. The highest BCUT2D eigenvalue weighted by atomic mass is 28.4. The third-order valence-corrected chi connectivity index (χ3v) is 8.99. The van der Waals surface area contributed by atoms with Crippen LogP contribution in [0.25, 0.3) is 0 Å². The molecule has 5 nitrogen and oxygen atoms in total. The second kappa shape index (κ2) is 7.79. The Morgan fingerprint density at radius 3 is 2.31 bits per heavy atom. The second-order valence-electron chi connectivity index (χ2n) is 7.52. The van der Waals surface area contributed by atoms with Gasteiger partial charge in [0.1, 0.15) is 11.9 Å². The van der Waals surface area contributed by atoms with Gasteiger partial charge in [-0.1, -0.05) is 32.9 Å². The van der Waals surface area contributed by atoms with Crippen molar-refractivity contribution in [3.05, 3.63) is 35.6 Å². The molecule has 0 unspecified atom stereocenters. The average Bonchev–Trinajstić information content (AvgIpc) is 2.49. The molecule has 26 heavy (non-hydrogen) atoms. The minimum atomic E-state index is -4.08. The van der Waals surface area contributed by atoms with Crippen molar-refractivity contribution in [3.8, 4) is 0 Å². The summed E-state index contributed by atoms with van der Waals surface area (Å²) in [5.41, 5.74) is -0.857. The summed E-state index contributed by atoms with van der Waals surface area (Å²) in [6.45, 7) is 9.12. The van der Waals surface area contributed by atoms with E-state index in [-0.39, 0.29) is 5.04 Å². The summed E-state index contributed by atoms with van der Waals surface area (Å²) in [6, 6.07) is 1.79. The van der Waals surface area contributed by atoms with E-state index in [1.807, 2.05) is 33.9 Å². The number of hydrogen-bond acceptors (Lipinski definition) is 3. The van der Waals surface area contributed by atoms with Gasteiger partial charge in [-0.15, -0.1) is 0 Å². The van der Waals surface area contributed by atoms with E-state index < -0.39 is 50.1 Å². The number of carboxylic acids is 1. The Kier molecular flexibility index (Phi) is 6.64. The summed E-state index contributed by atoms with van der Waals surface area (Å²) < 4.78 is 47.3. The molecule has 0 aliphatic carbocycles. The van der Waals surface area contributed by atoms with Crippen molar-refractivity contribution in [3.63, 3.8) is 0 Å². The van der Waals surface area contributed by atoms with Crippen LogP contribution in [0.15, 0.2) is 24.3 Å². The van der Waals surface area contributed by atoms with Crippen LogP contribution in [0.3, 0.4) is 0 Å². The monoisotopic (exact) mass is 391 g/mol. The lowest BCUT2D eigenvalue weighted by atomic mass is 10.1. The van der Waals surface area contributed by atoms with Gasteiger partial charge in [0.25, 0.3) is 5.91 Å². The Bertz CT molecular complexity index is 674. The molecule has 0 heterocycles. The lowest BCUT2D eigenvalue weighted by molar-refractivity contribution is -0.153. The van der Waals surface area contributed by atoms with Crippen molar-refractivity contribution < 1.29 is 32.3 Å². The smallest absolute Gasteiger partial charge is 0.349 e. The fraction of sp³-hybridized carbons (Fsp3) is 0.529. The molecular formula is C17H24F3NO4Si. The number of aliphatic carboxylic acids is 1. The first kappa shape index (κ1) is 22.2. The van der Waals surface area contributed by atoms with Gasteiger partial charge in [-0.05, 0) is 30.3 Å². The van der Waals surface area contributed by atoms with E-state index in [2.05, 4.69) is 0 Å². The highest BCUT2D eigenvalue weighted by molar-refractivity contribution is 6.74. The number of benzene rings is 1. The largest absolute Gasteiger partial charge is 0.480 e. The molecule has 2 N–H and O–H groups in total. The molecule has 0 fully saturated rings. The zero-order chi connectivity index (χ0) is 20.3. The Hall–Kier alpha value is -1.87. The maximum Gasteiger partial charge on any atom is 0.349 e. The zero-order valence-electron chi connectivity index (χ0n) is 15.4. The summed E-state index contributed by atoms with van der Waals surface area (Å²) in [5.74, 6) is -8.32. The topological polar surface area (TPSA) is 75.6 Å². The van der Waals surface area contributed by atoms with Crippen LogP contribution >= 0.6 is 0 Å². The Morgan fingerprint density at radius 1 is 1.27 bits per heavy atom. The van der Waals surface area contributed by atoms with Gasteiger partial charge in [-0.2, -0.15) is 8.78 Å². The number of carbonyl (C=O) groups is 2. The van der Waals surface area contributed by atoms with Gasteiger partial charge in [0.15, 0.2) is 8.32 Å². The van der Waals surface area contributed by atoms with Crippen molar-refractivity contribution in [1.82, 2.24) is 5.32 Å². The van der Waals surface area contributed by atoms with E-state index in [4.69, 9.17) is 4.43 Å². The molecule has 0 aromatic heterocycles. The molecule has 9 heteroatoms. The van der Waals surface area contributed by atoms with Crippen molar-refractivity contribution in [1.29, 1.82) is 0 Å². The van der Waals surface area contributed by atoms with Crippen LogP contribution in [0.1, 0.15) is 26.3 Å². The molecule has 0 aliphatic rings. The van der Waals surface area contributed by atoms with E-state index >= 15 is 0 Å². The second-order valence-corrected chi connectivity index (χ2v) is 12.3. The molecule has 1 aromatic rings. The Balaban J connectivity index is 2.90. The van der Waals surface area contributed by atoms with Crippen LogP contribution in [-0.2, 0) is 19.9 Å². The number of carboxylic acid groups (broad SMARTS) is 1. The molecule has 0 saturated heterocycles. The van der Waals surface area contributed by atoms with Crippen molar-refractivity contribution in [2.75, 3.05) is 6.61 Å². The molecule has 1 atom stereocenters. The quantitative estimate of drug-likeness (QED) is 0.698. The maximum absolute atomic E-state index is 14.2. The third kappa shape index (κ3) is 5.31. The summed E-state index contributed by atoms with van der Waals surface area (Å²) in [5, 5.41) is 10.8. The van der Waals surface area contributed by atoms with E-state index in [0.29, 0.717) is 6.07 Å². The molecule has 0 saturated carbocycles. The summed E-state index contributed by atoms with van der Waals surface area (Å²) in [6.07, 6.45) is 0. The zero-order valence-corrected chi connectivity index (χ0v) is 16.4. The lowest BCUT2D eigenvalue weighted by Gasteiger charge is -2.37. The van der Waals surface area contributed by atoms with Crippen LogP contribution in [-0.4, -0.2) is 37.9 Å². The Morgan fingerprint density at radius 2 is 1.85 bits per heavy atom. The minimum absolute atomic E-state index is 0.217. The molecule has 0 aliphatic heterocycles. The van der Waals surface area contributed by atoms with Gasteiger partial charge in [-0.25, -0.2) is 9.18 Å². The normalized spacial score (nSPS) is 14.0. The third-order valence-electron chi connectivity index (χ3n) is 4.49. The molecule has 1 amide bonds. The number of amides is 1. The van der Waals surface area contributed by atoms with Crippen LogP contribution in [0.2, 0.25) is 18.1 Å². The molecular weight excluding hydrogens is 367 g/mol. The summed E-state index contributed by atoms with van der Waals surface area (Å²) in [7, 11) is -2.33. The predicted molar refractivity (Wildman–Crippen MR) is 93.0 cm³/mol. The molecule has 0 bridgehead atoms. The van der Waals surface area contributed by atoms with Gasteiger partial charge < -0.3 is 14.8 Å². The molecule has 0 radical (unpaired) electrons. The number of nitrogens with one attached hydrogen (secondary N) is 1. The predicted octanol–water partition coefficient (Wildman–Crippen LogP) is 3.51. The van der Waals surface area contributed by atoms with Crippen molar-refractivity contribution >= 4 is 20.2 Å². The number of carbonyl (C=O) groups excluding carboxylic acids is 1. The van der Waals surface area contributed by atoms with Gasteiger partial charge in [0.2, 0.25) is 0 Å². The number of alkyl halides is 2. The van der Waals surface area contributed by atoms with Gasteiger partial charge in [0.05, 0.1) is 6.61 Å². The van der Waals surface area contributed by atoms with Crippen LogP contribution in [0.4, 0.5) is 13.2 Å². The first-order valence-electron chi connectivity index (χ1n) is 8.00. The van der Waals surface area contributed by atoms with Crippen molar-refractivity contribution in [2.24, 2.45) is 0 Å². The number of hydrogen-bond donors (Lipinski definition) is 2. The van der Waals surface area contributed by atoms with Crippen LogP contribution in [0.5, 0.6) is 0 Å². The van der Waals surface area contributed by atoms with Gasteiger partial charge >= 0.3 is 11.9 Å². The van der Waals surface area contributed by atoms with Crippen LogP contribution < -0.4 is 5.32 Å². The summed E-state index contributed by atoms with van der Waals surface area (Å²) in [4.78, 5) is 23.3. The average molecular weight is 391 g/mol. The molecule has 1 rings (SSSR count). The maximum atomic E-state index is 14.2. The molecule has 146 valence electrons. The van der Waals surface area contributed by atoms with Crippen LogP contribution in [0, 0.1) is 5.82 Å². The van der Waals surface area contributed by atoms with Gasteiger partial charge in [0, 0.05) is 5.56 Å². The fourth-order valence-electron chi connectivity index (χ4n) is 1.75.